The van der Waals surface area contributed by atoms with E-state index in [-0.39, 0.29) is 22.2 Å². The molecule has 0 unspecified atom stereocenters. The van der Waals surface area contributed by atoms with Crippen LogP contribution in [0.2, 0.25) is 5.02 Å². The zero-order valence-electron chi connectivity index (χ0n) is 11.7. The lowest BCUT2D eigenvalue weighted by atomic mass is 9.83. The summed E-state index contributed by atoms with van der Waals surface area (Å²) < 4.78 is 5.47. The molecule has 1 heterocycles. The number of nitrogens with zero attached hydrogens (tertiary/aromatic N) is 2. The van der Waals surface area contributed by atoms with E-state index < -0.39 is 10.8 Å². The highest BCUT2D eigenvalue weighted by molar-refractivity contribution is 6.31. The monoisotopic (exact) mass is 327 g/mol. The van der Waals surface area contributed by atoms with E-state index >= 15 is 0 Å². The maximum atomic E-state index is 10.9. The lowest BCUT2D eigenvalue weighted by Crippen LogP contribution is -2.21. The van der Waals surface area contributed by atoms with Gasteiger partial charge in [0, 0.05) is 17.7 Å². The second-order valence-corrected chi connectivity index (χ2v) is 5.33. The molecular formula is C16H10ClN3O3. The highest BCUT2D eigenvalue weighted by Crippen LogP contribution is 2.44. The maximum Gasteiger partial charge on any atom is 0.270 e. The first-order valence-electron chi connectivity index (χ1n) is 6.63. The van der Waals surface area contributed by atoms with E-state index in [0.717, 1.165) is 5.56 Å². The van der Waals surface area contributed by atoms with Crippen LogP contribution in [0.25, 0.3) is 0 Å². The summed E-state index contributed by atoms with van der Waals surface area (Å²) in [6.45, 7) is 0. The molecule has 0 aliphatic carbocycles. The van der Waals surface area contributed by atoms with Crippen LogP contribution in [0.1, 0.15) is 17.0 Å². The second kappa shape index (κ2) is 5.63. The van der Waals surface area contributed by atoms with E-state index in [4.69, 9.17) is 22.1 Å². The number of nitrogens with two attached hydrogens (primary N) is 1. The first-order valence-corrected chi connectivity index (χ1v) is 7.01. The highest BCUT2D eigenvalue weighted by atomic mass is 35.5. The number of hydrogen-bond donors (Lipinski definition) is 1. The van der Waals surface area contributed by atoms with Crippen LogP contribution in [0, 0.1) is 21.4 Å². The molecular weight excluding hydrogens is 318 g/mol. The first-order chi connectivity index (χ1) is 11.0. The molecule has 7 heteroatoms. The summed E-state index contributed by atoms with van der Waals surface area (Å²) >= 11 is 6.23. The molecule has 2 aromatic carbocycles. The smallest absolute Gasteiger partial charge is 0.270 e. The van der Waals surface area contributed by atoms with E-state index in [1.807, 2.05) is 18.2 Å². The number of nitro groups is 1. The quantitative estimate of drug-likeness (QED) is 0.672. The number of benzene rings is 2. The molecule has 0 amide bonds. The number of ether oxygens (including phenoxy) is 1. The van der Waals surface area contributed by atoms with E-state index in [2.05, 4.69) is 0 Å². The van der Waals surface area contributed by atoms with E-state index in [0.29, 0.717) is 11.3 Å². The van der Waals surface area contributed by atoms with Crippen LogP contribution < -0.4 is 10.5 Å². The Bertz CT molecular complexity index is 886. The van der Waals surface area contributed by atoms with Crippen molar-refractivity contribution < 1.29 is 9.66 Å². The molecule has 0 saturated carbocycles. The summed E-state index contributed by atoms with van der Waals surface area (Å²) in [5, 5.41) is 20.5. The van der Waals surface area contributed by atoms with Gasteiger partial charge in [-0.1, -0.05) is 29.8 Å². The van der Waals surface area contributed by atoms with Crippen LogP contribution in [0.15, 0.2) is 53.9 Å². The van der Waals surface area contributed by atoms with Crippen LogP contribution in [-0.2, 0) is 0 Å². The largest absolute Gasteiger partial charge is 0.440 e. The normalized spacial score (nSPS) is 16.3. The van der Waals surface area contributed by atoms with Gasteiger partial charge in [0.05, 0.1) is 15.9 Å². The highest BCUT2D eigenvalue weighted by Gasteiger charge is 2.32. The number of fused-ring (bicyclic) bond motifs is 1. The van der Waals surface area contributed by atoms with Gasteiger partial charge in [0.15, 0.2) is 0 Å². The summed E-state index contributed by atoms with van der Waals surface area (Å²) in [5.74, 6) is 0.00675. The summed E-state index contributed by atoms with van der Waals surface area (Å²) in [5.41, 5.74) is 7.24. The molecule has 1 aliphatic rings. The molecule has 23 heavy (non-hydrogen) atoms. The fraction of sp³-hybridized carbons (Fsp3) is 0.0625. The Morgan fingerprint density at radius 2 is 2.00 bits per heavy atom. The number of nitriles is 1. The minimum atomic E-state index is -0.529. The Hall–Kier alpha value is -3.04. The number of rotatable bonds is 2. The third kappa shape index (κ3) is 2.47. The molecule has 0 spiro atoms. The molecule has 0 saturated heterocycles. The molecule has 0 fully saturated rings. The Morgan fingerprint density at radius 3 is 2.65 bits per heavy atom. The molecule has 1 aliphatic heterocycles. The third-order valence-corrected chi connectivity index (χ3v) is 3.96. The van der Waals surface area contributed by atoms with Crippen molar-refractivity contribution in [3.63, 3.8) is 0 Å². The van der Waals surface area contributed by atoms with Crippen LogP contribution in [0.5, 0.6) is 5.75 Å². The number of nitro benzene ring substituents is 1. The van der Waals surface area contributed by atoms with Crippen molar-refractivity contribution in [2.75, 3.05) is 0 Å². The Morgan fingerprint density at radius 1 is 1.26 bits per heavy atom. The molecule has 1 atom stereocenters. The Balaban J connectivity index is 2.21. The van der Waals surface area contributed by atoms with Crippen molar-refractivity contribution in [2.45, 2.75) is 5.92 Å². The fourth-order valence-corrected chi connectivity index (χ4v) is 2.87. The van der Waals surface area contributed by atoms with Crippen molar-refractivity contribution in [3.05, 3.63) is 80.2 Å². The molecule has 2 N–H and O–H groups in total. The third-order valence-electron chi connectivity index (χ3n) is 3.63. The molecule has 2 aromatic rings. The van der Waals surface area contributed by atoms with Gasteiger partial charge >= 0.3 is 0 Å². The number of halogens is 1. The van der Waals surface area contributed by atoms with E-state index in [1.54, 1.807) is 12.1 Å². The maximum absolute atomic E-state index is 10.9. The van der Waals surface area contributed by atoms with Crippen molar-refractivity contribution in [1.82, 2.24) is 0 Å². The topological polar surface area (TPSA) is 102 Å². The van der Waals surface area contributed by atoms with Crippen LogP contribution in [0.4, 0.5) is 5.69 Å². The summed E-state index contributed by atoms with van der Waals surface area (Å²) in [4.78, 5) is 10.3. The molecule has 114 valence electrons. The lowest BCUT2D eigenvalue weighted by Gasteiger charge is -2.26. The summed E-state index contributed by atoms with van der Waals surface area (Å²) in [7, 11) is 0. The van der Waals surface area contributed by atoms with Gasteiger partial charge in [-0.2, -0.15) is 5.26 Å². The van der Waals surface area contributed by atoms with Crippen LogP contribution >= 0.6 is 11.6 Å². The van der Waals surface area contributed by atoms with Crippen molar-refractivity contribution >= 4 is 17.3 Å². The SMILES string of the molecule is N#CC1=C(N)Oc2ccccc2[C@H]1c1ccc([N+](=O)[O-])cc1Cl. The van der Waals surface area contributed by atoms with Gasteiger partial charge in [-0.3, -0.25) is 10.1 Å². The number of allylic oxidation sites excluding steroid dienone is 1. The van der Waals surface area contributed by atoms with Gasteiger partial charge in [0.25, 0.3) is 5.69 Å². The Labute approximate surface area is 136 Å². The molecule has 0 aromatic heterocycles. The van der Waals surface area contributed by atoms with Gasteiger partial charge in [-0.05, 0) is 17.7 Å². The average molecular weight is 328 g/mol. The number of hydrogen-bond acceptors (Lipinski definition) is 5. The number of non-ortho nitro benzene ring substituents is 1. The van der Waals surface area contributed by atoms with Gasteiger partial charge in [-0.25, -0.2) is 0 Å². The van der Waals surface area contributed by atoms with Gasteiger partial charge in [-0.15, -0.1) is 0 Å². The summed E-state index contributed by atoms with van der Waals surface area (Å²) in [6, 6.07) is 13.3. The minimum Gasteiger partial charge on any atom is -0.440 e. The van der Waals surface area contributed by atoms with Crippen LogP contribution in [-0.4, -0.2) is 4.92 Å². The zero-order valence-corrected chi connectivity index (χ0v) is 12.4. The van der Waals surface area contributed by atoms with Gasteiger partial charge < -0.3 is 10.5 Å². The predicted octanol–water partition coefficient (Wildman–Crippen LogP) is 3.47. The molecule has 3 rings (SSSR count). The van der Waals surface area contributed by atoms with Crippen LogP contribution in [0.3, 0.4) is 0 Å². The first kappa shape index (κ1) is 14.9. The number of para-hydroxylation sites is 1. The second-order valence-electron chi connectivity index (χ2n) is 4.93. The van der Waals surface area contributed by atoms with Crippen molar-refractivity contribution in [3.8, 4) is 11.8 Å². The predicted molar refractivity (Wildman–Crippen MR) is 83.8 cm³/mol. The van der Waals surface area contributed by atoms with E-state index in [1.165, 1.54) is 18.2 Å². The molecule has 6 nitrogen and oxygen atoms in total. The molecule has 0 bridgehead atoms. The van der Waals surface area contributed by atoms with Crippen molar-refractivity contribution in [1.29, 1.82) is 5.26 Å². The standard InChI is InChI=1S/C16H10ClN3O3/c17-13-7-9(20(21)22)5-6-10(13)15-11-3-1-2-4-14(11)23-16(19)12(15)8-18/h1-7,15H,19H2/t15-/m1/s1. The zero-order chi connectivity index (χ0) is 16.6. The van der Waals surface area contributed by atoms with Crippen molar-refractivity contribution in [2.24, 2.45) is 5.73 Å². The fourth-order valence-electron chi connectivity index (χ4n) is 2.59. The van der Waals surface area contributed by atoms with Gasteiger partial charge in [0.1, 0.15) is 17.4 Å². The summed E-state index contributed by atoms with van der Waals surface area (Å²) in [6.07, 6.45) is 0. The Kier molecular flexibility index (Phi) is 3.64. The van der Waals surface area contributed by atoms with E-state index in [9.17, 15) is 15.4 Å². The molecule has 0 radical (unpaired) electrons. The lowest BCUT2D eigenvalue weighted by molar-refractivity contribution is -0.384. The average Bonchev–Trinajstić information content (AvgIpc) is 2.53. The minimum absolute atomic E-state index is 0.00520. The van der Waals surface area contributed by atoms with Gasteiger partial charge in [0.2, 0.25) is 5.88 Å².